The Labute approximate surface area is 124 Å². The van der Waals surface area contributed by atoms with Gasteiger partial charge in [-0.3, -0.25) is 9.48 Å². The Morgan fingerprint density at radius 1 is 1.38 bits per heavy atom. The quantitative estimate of drug-likeness (QED) is 0.816. The van der Waals surface area contributed by atoms with Crippen LogP contribution in [0.15, 0.2) is 42.7 Å². The molecule has 0 aliphatic rings. The summed E-state index contributed by atoms with van der Waals surface area (Å²) in [5.41, 5.74) is 6.95. The summed E-state index contributed by atoms with van der Waals surface area (Å²) in [6.45, 7) is 2.32. The van der Waals surface area contributed by atoms with Gasteiger partial charge in [0.05, 0.1) is 12.8 Å². The van der Waals surface area contributed by atoms with Crippen LogP contribution in [0, 0.1) is 0 Å². The first kappa shape index (κ1) is 15.3. The molecule has 0 aliphatic carbocycles. The van der Waals surface area contributed by atoms with Gasteiger partial charge >= 0.3 is 5.97 Å². The lowest BCUT2D eigenvalue weighted by atomic mass is 9.76. The molecule has 5 heteroatoms. The largest absolute Gasteiger partial charge is 0.465 e. The van der Waals surface area contributed by atoms with Crippen LogP contribution in [0.5, 0.6) is 0 Å². The summed E-state index contributed by atoms with van der Waals surface area (Å²) in [4.78, 5) is 12.6. The van der Waals surface area contributed by atoms with Crippen LogP contribution in [-0.4, -0.2) is 28.9 Å². The van der Waals surface area contributed by atoms with Crippen LogP contribution in [0.25, 0.3) is 0 Å². The molecule has 2 N–H and O–H groups in total. The van der Waals surface area contributed by atoms with Crippen LogP contribution in [0.3, 0.4) is 0 Å². The number of aromatic nitrogens is 2. The molecule has 0 bridgehead atoms. The van der Waals surface area contributed by atoms with E-state index in [1.807, 2.05) is 43.6 Å². The van der Waals surface area contributed by atoms with Crippen molar-refractivity contribution in [2.45, 2.75) is 18.8 Å². The maximum Gasteiger partial charge on any atom is 0.318 e. The Kier molecular flexibility index (Phi) is 4.75. The molecule has 0 amide bonds. The molecule has 112 valence electrons. The van der Waals surface area contributed by atoms with Crippen molar-refractivity contribution in [1.29, 1.82) is 0 Å². The average Bonchev–Trinajstić information content (AvgIpc) is 2.91. The molecule has 2 rings (SSSR count). The molecule has 1 unspecified atom stereocenters. The number of esters is 1. The predicted octanol–water partition coefficient (Wildman–Crippen LogP) is 1.42. The number of hydrogen-bond donors (Lipinski definition) is 1. The second-order valence-electron chi connectivity index (χ2n) is 5.07. The molecule has 2 aromatic rings. The van der Waals surface area contributed by atoms with E-state index in [2.05, 4.69) is 5.10 Å². The van der Waals surface area contributed by atoms with E-state index in [9.17, 15) is 4.79 Å². The second-order valence-corrected chi connectivity index (χ2v) is 5.07. The van der Waals surface area contributed by atoms with E-state index in [0.29, 0.717) is 13.0 Å². The number of aryl methyl sites for hydroxylation is 1. The van der Waals surface area contributed by atoms with Gasteiger partial charge in [-0.25, -0.2) is 0 Å². The molecule has 5 nitrogen and oxygen atoms in total. The third kappa shape index (κ3) is 3.13. The normalized spacial score (nSPS) is 13.7. The minimum Gasteiger partial charge on any atom is -0.465 e. The van der Waals surface area contributed by atoms with Crippen molar-refractivity contribution in [3.63, 3.8) is 0 Å². The van der Waals surface area contributed by atoms with Gasteiger partial charge in [0.15, 0.2) is 0 Å². The van der Waals surface area contributed by atoms with Gasteiger partial charge in [0.2, 0.25) is 0 Å². The van der Waals surface area contributed by atoms with E-state index in [1.165, 1.54) is 0 Å². The summed E-state index contributed by atoms with van der Waals surface area (Å²) >= 11 is 0. The van der Waals surface area contributed by atoms with Gasteiger partial charge in [0.25, 0.3) is 0 Å². The fraction of sp³-hybridized carbons (Fsp3) is 0.375. The predicted molar refractivity (Wildman–Crippen MR) is 80.7 cm³/mol. The van der Waals surface area contributed by atoms with Gasteiger partial charge in [0, 0.05) is 19.8 Å². The summed E-state index contributed by atoms with van der Waals surface area (Å²) in [5.74, 6) is -0.289. The summed E-state index contributed by atoms with van der Waals surface area (Å²) < 4.78 is 7.00. The molecule has 0 spiro atoms. The highest BCUT2D eigenvalue weighted by atomic mass is 16.5. The highest BCUT2D eigenvalue weighted by molar-refractivity contribution is 5.84. The smallest absolute Gasteiger partial charge is 0.318 e. The first-order valence-corrected chi connectivity index (χ1v) is 7.02. The minimum absolute atomic E-state index is 0.185. The number of carbonyl (C=O) groups is 1. The topological polar surface area (TPSA) is 70.1 Å². The molecule has 0 radical (unpaired) electrons. The molecule has 1 atom stereocenters. The Bertz CT molecular complexity index is 595. The number of nitrogens with two attached hydrogens (primary N) is 1. The van der Waals surface area contributed by atoms with E-state index >= 15 is 0 Å². The number of rotatable bonds is 6. The Morgan fingerprint density at radius 3 is 2.62 bits per heavy atom. The molecule has 1 aromatic heterocycles. The molecule has 0 saturated heterocycles. The van der Waals surface area contributed by atoms with Crippen molar-refractivity contribution in [1.82, 2.24) is 9.78 Å². The first-order chi connectivity index (χ1) is 10.1. The Morgan fingerprint density at radius 2 is 2.10 bits per heavy atom. The number of ether oxygens (including phenoxy) is 1. The highest BCUT2D eigenvalue weighted by Crippen LogP contribution is 2.29. The maximum absolute atomic E-state index is 12.6. The highest BCUT2D eigenvalue weighted by Gasteiger charge is 2.40. The lowest BCUT2D eigenvalue weighted by Gasteiger charge is -2.30. The third-order valence-corrected chi connectivity index (χ3v) is 3.61. The van der Waals surface area contributed by atoms with Crippen molar-refractivity contribution >= 4 is 5.97 Å². The Hall–Kier alpha value is -2.14. The van der Waals surface area contributed by atoms with Crippen molar-refractivity contribution in [3.05, 3.63) is 53.9 Å². The van der Waals surface area contributed by atoms with E-state index < -0.39 is 5.41 Å². The molecule has 0 fully saturated rings. The first-order valence-electron chi connectivity index (χ1n) is 7.02. The summed E-state index contributed by atoms with van der Waals surface area (Å²) in [7, 11) is 1.85. The van der Waals surface area contributed by atoms with E-state index in [-0.39, 0.29) is 12.5 Å². The third-order valence-electron chi connectivity index (χ3n) is 3.61. The number of benzene rings is 1. The van der Waals surface area contributed by atoms with Crippen molar-refractivity contribution in [2.75, 3.05) is 13.2 Å². The van der Waals surface area contributed by atoms with Crippen LogP contribution in [0.1, 0.15) is 18.1 Å². The molecule has 21 heavy (non-hydrogen) atoms. The van der Waals surface area contributed by atoms with E-state index in [0.717, 1.165) is 11.1 Å². The standard InChI is InChI=1S/C16H21N3O2/c1-3-21-15(20)16(12-17,14-7-5-4-6-8-14)9-13-10-18-19(2)11-13/h4-8,10-11H,3,9,12,17H2,1-2H3. The van der Waals surface area contributed by atoms with Gasteiger partial charge in [0.1, 0.15) is 5.41 Å². The summed E-state index contributed by atoms with van der Waals surface area (Å²) in [5, 5.41) is 4.16. The van der Waals surface area contributed by atoms with Crippen LogP contribution in [-0.2, 0) is 28.4 Å². The second kappa shape index (κ2) is 6.54. The SMILES string of the molecule is CCOC(=O)C(CN)(Cc1cnn(C)c1)c1ccccc1. The zero-order valence-electron chi connectivity index (χ0n) is 12.5. The molecule has 0 saturated carbocycles. The van der Waals surface area contributed by atoms with Crippen LogP contribution in [0.2, 0.25) is 0 Å². The minimum atomic E-state index is -0.875. The number of nitrogens with zero attached hydrogens (tertiary/aromatic N) is 2. The summed E-state index contributed by atoms with van der Waals surface area (Å²) in [6.07, 6.45) is 4.12. The van der Waals surface area contributed by atoms with Crippen LogP contribution < -0.4 is 5.73 Å². The lowest BCUT2D eigenvalue weighted by molar-refractivity contribution is -0.149. The van der Waals surface area contributed by atoms with Crippen LogP contribution in [0.4, 0.5) is 0 Å². The fourth-order valence-electron chi connectivity index (χ4n) is 2.50. The Balaban J connectivity index is 2.43. The molecule has 0 aliphatic heterocycles. The van der Waals surface area contributed by atoms with Gasteiger partial charge in [-0.2, -0.15) is 5.10 Å². The molecular weight excluding hydrogens is 266 g/mol. The zero-order chi connectivity index (χ0) is 15.3. The van der Waals surface area contributed by atoms with Crippen molar-refractivity contribution in [3.8, 4) is 0 Å². The maximum atomic E-state index is 12.6. The summed E-state index contributed by atoms with van der Waals surface area (Å²) in [6, 6.07) is 9.56. The number of carbonyl (C=O) groups excluding carboxylic acids is 1. The van der Waals surface area contributed by atoms with Crippen molar-refractivity contribution in [2.24, 2.45) is 12.8 Å². The fourth-order valence-corrected chi connectivity index (χ4v) is 2.50. The van der Waals surface area contributed by atoms with Gasteiger partial charge in [-0.05, 0) is 24.5 Å². The average molecular weight is 287 g/mol. The molecular formula is C16H21N3O2. The van der Waals surface area contributed by atoms with Gasteiger partial charge in [-0.1, -0.05) is 30.3 Å². The zero-order valence-corrected chi connectivity index (χ0v) is 12.5. The van der Waals surface area contributed by atoms with E-state index in [4.69, 9.17) is 10.5 Å². The van der Waals surface area contributed by atoms with Gasteiger partial charge < -0.3 is 10.5 Å². The number of hydrogen-bond acceptors (Lipinski definition) is 4. The lowest BCUT2D eigenvalue weighted by Crippen LogP contribution is -2.46. The van der Waals surface area contributed by atoms with Crippen LogP contribution >= 0.6 is 0 Å². The molecule has 1 aromatic carbocycles. The molecule has 1 heterocycles. The van der Waals surface area contributed by atoms with Crippen molar-refractivity contribution < 1.29 is 9.53 Å². The monoisotopic (exact) mass is 287 g/mol. The van der Waals surface area contributed by atoms with E-state index in [1.54, 1.807) is 17.8 Å². The van der Waals surface area contributed by atoms with Gasteiger partial charge in [-0.15, -0.1) is 0 Å².